The molecule has 1 amide bonds. The average molecular weight is 453 g/mol. The SMILES string of the molecule is CCOc1ccccc1NC(=O)c1ccc(Cl)c(S(=O)(=O)N2C[C@H](C)O[C@@H](C)C2)c1. The Hall–Kier alpha value is -2.13. The number of hydrogen-bond donors (Lipinski definition) is 1. The van der Waals surface area contributed by atoms with Gasteiger partial charge in [-0.25, -0.2) is 8.42 Å². The van der Waals surface area contributed by atoms with Crippen molar-refractivity contribution in [1.82, 2.24) is 4.31 Å². The van der Waals surface area contributed by atoms with Crippen LogP contribution in [0.4, 0.5) is 5.69 Å². The maximum Gasteiger partial charge on any atom is 0.255 e. The number of anilines is 1. The molecular weight excluding hydrogens is 428 g/mol. The van der Waals surface area contributed by atoms with Gasteiger partial charge in [-0.05, 0) is 51.1 Å². The van der Waals surface area contributed by atoms with Crippen molar-refractivity contribution in [2.24, 2.45) is 0 Å². The molecule has 0 bridgehead atoms. The van der Waals surface area contributed by atoms with Crippen molar-refractivity contribution < 1.29 is 22.7 Å². The van der Waals surface area contributed by atoms with Crippen molar-refractivity contribution in [2.45, 2.75) is 37.9 Å². The van der Waals surface area contributed by atoms with Crippen molar-refractivity contribution in [1.29, 1.82) is 0 Å². The minimum Gasteiger partial charge on any atom is -0.492 e. The van der Waals surface area contributed by atoms with Crippen LogP contribution in [0, 0.1) is 0 Å². The Morgan fingerprint density at radius 2 is 1.87 bits per heavy atom. The van der Waals surface area contributed by atoms with Crippen LogP contribution in [0.15, 0.2) is 47.4 Å². The number of carbonyl (C=O) groups excluding carboxylic acids is 1. The van der Waals surface area contributed by atoms with E-state index in [1.54, 1.807) is 24.3 Å². The monoisotopic (exact) mass is 452 g/mol. The predicted octanol–water partition coefficient (Wildman–Crippen LogP) is 3.79. The lowest BCUT2D eigenvalue weighted by atomic mass is 10.2. The molecule has 162 valence electrons. The van der Waals surface area contributed by atoms with Gasteiger partial charge in [0.25, 0.3) is 5.91 Å². The van der Waals surface area contributed by atoms with Crippen LogP contribution in [0.3, 0.4) is 0 Å². The van der Waals surface area contributed by atoms with E-state index >= 15 is 0 Å². The highest BCUT2D eigenvalue weighted by atomic mass is 35.5. The summed E-state index contributed by atoms with van der Waals surface area (Å²) >= 11 is 6.22. The van der Waals surface area contributed by atoms with E-state index < -0.39 is 15.9 Å². The predicted molar refractivity (Wildman–Crippen MR) is 116 cm³/mol. The van der Waals surface area contributed by atoms with Crippen molar-refractivity contribution in [2.75, 3.05) is 25.0 Å². The fraction of sp³-hybridized carbons (Fsp3) is 0.381. The number of hydrogen-bond acceptors (Lipinski definition) is 5. The molecule has 0 saturated carbocycles. The summed E-state index contributed by atoms with van der Waals surface area (Å²) in [6, 6.07) is 11.3. The third-order valence-corrected chi connectivity index (χ3v) is 6.95. The van der Waals surface area contributed by atoms with Gasteiger partial charge in [0.2, 0.25) is 10.0 Å². The normalized spacial score (nSPS) is 20.0. The Kier molecular flexibility index (Phi) is 7.02. The Labute approximate surface area is 182 Å². The Morgan fingerprint density at radius 3 is 2.53 bits per heavy atom. The van der Waals surface area contributed by atoms with Crippen LogP contribution in [-0.2, 0) is 14.8 Å². The van der Waals surface area contributed by atoms with Crippen LogP contribution in [0.25, 0.3) is 0 Å². The van der Waals surface area contributed by atoms with Crippen molar-refractivity contribution in [3.05, 3.63) is 53.1 Å². The number of nitrogens with one attached hydrogen (secondary N) is 1. The van der Waals surface area contributed by atoms with E-state index in [1.807, 2.05) is 20.8 Å². The molecule has 1 fully saturated rings. The molecule has 0 spiro atoms. The van der Waals surface area contributed by atoms with Crippen LogP contribution in [0.2, 0.25) is 5.02 Å². The standard InChI is InChI=1S/C21H25ClN2O5S/c1-4-28-19-8-6-5-7-18(19)23-21(25)16-9-10-17(22)20(11-16)30(26,27)24-12-14(2)29-15(3)13-24/h5-11,14-15H,4,12-13H2,1-3H3,(H,23,25)/t14-,15-/m0/s1. The van der Waals surface area contributed by atoms with Gasteiger partial charge in [-0.3, -0.25) is 4.79 Å². The van der Waals surface area contributed by atoms with Crippen LogP contribution in [0.5, 0.6) is 5.75 Å². The van der Waals surface area contributed by atoms with Crippen LogP contribution >= 0.6 is 11.6 Å². The molecule has 2 atom stereocenters. The van der Waals surface area contributed by atoms with Gasteiger partial charge in [-0.15, -0.1) is 0 Å². The Morgan fingerprint density at radius 1 is 1.20 bits per heavy atom. The summed E-state index contributed by atoms with van der Waals surface area (Å²) in [5.41, 5.74) is 0.679. The topological polar surface area (TPSA) is 84.9 Å². The summed E-state index contributed by atoms with van der Waals surface area (Å²) < 4.78 is 38.9. The van der Waals surface area contributed by atoms with E-state index in [0.717, 1.165) is 0 Å². The zero-order valence-corrected chi connectivity index (χ0v) is 18.7. The summed E-state index contributed by atoms with van der Waals surface area (Å²) in [5, 5.41) is 2.83. The number of halogens is 1. The summed E-state index contributed by atoms with van der Waals surface area (Å²) in [6.07, 6.45) is -0.465. The zero-order chi connectivity index (χ0) is 21.9. The number of benzene rings is 2. The lowest BCUT2D eigenvalue weighted by Crippen LogP contribution is -2.48. The highest BCUT2D eigenvalue weighted by Gasteiger charge is 2.33. The number of nitrogens with zero attached hydrogens (tertiary/aromatic N) is 1. The van der Waals surface area contributed by atoms with Gasteiger partial charge < -0.3 is 14.8 Å². The number of carbonyl (C=O) groups is 1. The second kappa shape index (κ2) is 9.34. The molecule has 0 unspecified atom stereocenters. The van der Waals surface area contributed by atoms with E-state index in [4.69, 9.17) is 21.1 Å². The largest absolute Gasteiger partial charge is 0.492 e. The van der Waals surface area contributed by atoms with Gasteiger partial charge >= 0.3 is 0 Å². The van der Waals surface area contributed by atoms with Gasteiger partial charge in [-0.1, -0.05) is 23.7 Å². The first-order chi connectivity index (χ1) is 14.2. The molecule has 2 aromatic rings. The molecule has 3 rings (SSSR count). The molecule has 30 heavy (non-hydrogen) atoms. The molecule has 0 aromatic heterocycles. The molecule has 0 radical (unpaired) electrons. The number of ether oxygens (including phenoxy) is 2. The van der Waals surface area contributed by atoms with E-state index in [2.05, 4.69) is 5.32 Å². The van der Waals surface area contributed by atoms with Crippen molar-refractivity contribution in [3.63, 3.8) is 0 Å². The molecular formula is C21H25ClN2O5S. The van der Waals surface area contributed by atoms with Gasteiger partial charge in [0, 0.05) is 18.7 Å². The summed E-state index contributed by atoms with van der Waals surface area (Å²) in [6.45, 7) is 6.39. The van der Waals surface area contributed by atoms with Gasteiger partial charge in [-0.2, -0.15) is 4.31 Å². The van der Waals surface area contributed by atoms with E-state index in [9.17, 15) is 13.2 Å². The third-order valence-electron chi connectivity index (χ3n) is 4.63. The lowest BCUT2D eigenvalue weighted by Gasteiger charge is -2.34. The molecule has 2 aromatic carbocycles. The molecule has 9 heteroatoms. The number of amides is 1. The lowest BCUT2D eigenvalue weighted by molar-refractivity contribution is -0.0440. The van der Waals surface area contributed by atoms with Gasteiger partial charge in [0.05, 0.1) is 29.5 Å². The van der Waals surface area contributed by atoms with Crippen molar-refractivity contribution in [3.8, 4) is 5.75 Å². The maximum absolute atomic E-state index is 13.2. The van der Waals surface area contributed by atoms with Crippen molar-refractivity contribution >= 4 is 33.2 Å². The number of sulfonamides is 1. The number of para-hydroxylation sites is 2. The summed E-state index contributed by atoms with van der Waals surface area (Å²) in [5.74, 6) is 0.0745. The maximum atomic E-state index is 13.2. The number of morpholine rings is 1. The third kappa shape index (κ3) is 4.95. The molecule has 0 aliphatic carbocycles. The first-order valence-corrected chi connectivity index (χ1v) is 11.5. The molecule has 7 nitrogen and oxygen atoms in total. The van der Waals surface area contributed by atoms with Crippen LogP contribution in [0.1, 0.15) is 31.1 Å². The van der Waals surface area contributed by atoms with Gasteiger partial charge in [0.15, 0.2) is 0 Å². The summed E-state index contributed by atoms with van der Waals surface area (Å²) in [4.78, 5) is 12.7. The van der Waals surface area contributed by atoms with E-state index in [1.165, 1.54) is 22.5 Å². The summed E-state index contributed by atoms with van der Waals surface area (Å²) in [7, 11) is -3.89. The highest BCUT2D eigenvalue weighted by Crippen LogP contribution is 2.29. The molecule has 1 heterocycles. The van der Waals surface area contributed by atoms with E-state index in [-0.39, 0.29) is 40.8 Å². The minimum absolute atomic E-state index is 0.0630. The fourth-order valence-corrected chi connectivity index (χ4v) is 5.45. The number of rotatable bonds is 6. The Bertz CT molecular complexity index is 1020. The average Bonchev–Trinajstić information content (AvgIpc) is 2.69. The molecule has 1 aliphatic rings. The van der Waals surface area contributed by atoms with Crippen LogP contribution < -0.4 is 10.1 Å². The fourth-order valence-electron chi connectivity index (χ4n) is 3.35. The Balaban J connectivity index is 1.89. The smallest absolute Gasteiger partial charge is 0.255 e. The van der Waals surface area contributed by atoms with E-state index in [0.29, 0.717) is 18.0 Å². The minimum atomic E-state index is -3.89. The molecule has 1 saturated heterocycles. The zero-order valence-electron chi connectivity index (χ0n) is 17.1. The quantitative estimate of drug-likeness (QED) is 0.720. The van der Waals surface area contributed by atoms with Gasteiger partial charge in [0.1, 0.15) is 10.6 Å². The highest BCUT2D eigenvalue weighted by molar-refractivity contribution is 7.89. The second-order valence-electron chi connectivity index (χ2n) is 7.11. The second-order valence-corrected chi connectivity index (χ2v) is 9.42. The van der Waals surface area contributed by atoms with Crippen LogP contribution in [-0.4, -0.2) is 50.5 Å². The first kappa shape index (κ1) is 22.6. The first-order valence-electron chi connectivity index (χ1n) is 9.70. The molecule has 1 N–H and O–H groups in total. The molecule has 1 aliphatic heterocycles.